The van der Waals surface area contributed by atoms with Gasteiger partial charge in [-0.3, -0.25) is 14.0 Å². The molecule has 0 unspecified atom stereocenters. The fraction of sp³-hybridized carbons (Fsp3) is 0.333. The van der Waals surface area contributed by atoms with Crippen LogP contribution in [0.5, 0.6) is 0 Å². The van der Waals surface area contributed by atoms with Crippen molar-refractivity contribution in [2.24, 2.45) is 5.41 Å². The van der Waals surface area contributed by atoms with E-state index in [1.165, 1.54) is 10.5 Å². The molecule has 3 aromatic heterocycles. The van der Waals surface area contributed by atoms with Crippen LogP contribution in [0.4, 0.5) is 8.78 Å². The topological polar surface area (TPSA) is 88.4 Å². The monoisotopic (exact) mass is 489 g/mol. The Morgan fingerprint density at radius 3 is 2.72 bits per heavy atom. The van der Waals surface area contributed by atoms with Gasteiger partial charge in [0.2, 0.25) is 5.95 Å². The van der Waals surface area contributed by atoms with Crippen LogP contribution >= 0.6 is 0 Å². The van der Waals surface area contributed by atoms with Crippen LogP contribution in [-0.2, 0) is 6.54 Å². The van der Waals surface area contributed by atoms with E-state index in [4.69, 9.17) is 0 Å². The van der Waals surface area contributed by atoms with Crippen molar-refractivity contribution in [3.63, 3.8) is 0 Å². The minimum atomic E-state index is -0.951. The highest BCUT2D eigenvalue weighted by atomic mass is 19.1. The van der Waals surface area contributed by atoms with E-state index in [2.05, 4.69) is 20.6 Å². The summed E-state index contributed by atoms with van der Waals surface area (Å²) in [6.07, 6.45) is 3.38. The number of halogens is 2. The van der Waals surface area contributed by atoms with E-state index < -0.39 is 17.5 Å². The first-order valence-electron chi connectivity index (χ1n) is 12.0. The Balaban J connectivity index is 1.16. The second kappa shape index (κ2) is 8.16. The molecule has 3 aliphatic rings. The summed E-state index contributed by atoms with van der Waals surface area (Å²) in [4.78, 5) is 33.3. The molecule has 3 aliphatic carbocycles. The van der Waals surface area contributed by atoms with Gasteiger partial charge in [-0.25, -0.2) is 14.4 Å². The van der Waals surface area contributed by atoms with E-state index in [0.717, 1.165) is 10.9 Å². The van der Waals surface area contributed by atoms with Crippen molar-refractivity contribution < 1.29 is 13.6 Å². The molecule has 0 radical (unpaired) electrons. The molecule has 0 aliphatic heterocycles. The molecule has 1 atom stereocenters. The summed E-state index contributed by atoms with van der Waals surface area (Å²) in [6, 6.07) is 13.2. The van der Waals surface area contributed by atoms with Crippen molar-refractivity contribution in [3.8, 4) is 0 Å². The minimum Gasteiger partial charge on any atom is -0.347 e. The van der Waals surface area contributed by atoms with Gasteiger partial charge in [0.15, 0.2) is 0 Å². The fourth-order valence-electron chi connectivity index (χ4n) is 5.60. The highest BCUT2D eigenvalue weighted by Gasteiger charge is 2.68. The van der Waals surface area contributed by atoms with Crippen molar-refractivity contribution in [2.75, 3.05) is 6.54 Å². The lowest BCUT2D eigenvalue weighted by Gasteiger charge is -2.66. The van der Waals surface area contributed by atoms with Crippen molar-refractivity contribution >= 4 is 22.5 Å². The summed E-state index contributed by atoms with van der Waals surface area (Å²) in [5.74, 6) is -0.991. The molecule has 184 valence electrons. The van der Waals surface area contributed by atoms with Crippen LogP contribution in [0.15, 0.2) is 59.5 Å². The zero-order valence-electron chi connectivity index (χ0n) is 19.7. The molecular formula is C27H25F2N5O2. The summed E-state index contributed by atoms with van der Waals surface area (Å²) >= 11 is 0. The average Bonchev–Trinajstić information content (AvgIpc) is 2.83. The summed E-state index contributed by atoms with van der Waals surface area (Å²) in [5.41, 5.74) is 0.942. The summed E-state index contributed by atoms with van der Waals surface area (Å²) < 4.78 is 29.9. The van der Waals surface area contributed by atoms with E-state index in [1.54, 1.807) is 42.6 Å². The third-order valence-electron chi connectivity index (χ3n) is 7.44. The molecule has 3 heterocycles. The Hall–Kier alpha value is -3.72. The molecule has 9 heteroatoms. The van der Waals surface area contributed by atoms with Crippen molar-refractivity contribution in [3.05, 3.63) is 87.9 Å². The van der Waals surface area contributed by atoms with Crippen LogP contribution in [0.1, 0.15) is 53.8 Å². The normalized spacial score (nSPS) is 23.2. The van der Waals surface area contributed by atoms with Crippen LogP contribution in [0.25, 0.3) is 16.6 Å². The largest absolute Gasteiger partial charge is 0.347 e. The van der Waals surface area contributed by atoms with E-state index in [-0.39, 0.29) is 29.3 Å². The Morgan fingerprint density at radius 1 is 1.14 bits per heavy atom. The number of aromatic nitrogens is 3. The van der Waals surface area contributed by atoms with Gasteiger partial charge < -0.3 is 10.6 Å². The molecular weight excluding hydrogens is 464 g/mol. The van der Waals surface area contributed by atoms with Gasteiger partial charge >= 0.3 is 0 Å². The Bertz CT molecular complexity index is 1560. The molecule has 2 bridgehead atoms. The second-order valence-electron chi connectivity index (χ2n) is 10.3. The standard InChI is InChI=1S/C27H25F2N5O2/c1-16(31-15-26-12-27(29,13-26)14-26)19-9-18-8-17(5-6-20(18)33-24(19)28)11-30-25(36)21-10-23(35)34-7-3-2-4-22(34)32-21/h2-10,16,31H,11-15H2,1H3,(H,30,36)/t16-,26?,27?/m1/s1. The molecule has 7 nitrogen and oxygen atoms in total. The summed E-state index contributed by atoms with van der Waals surface area (Å²) in [7, 11) is 0. The highest BCUT2D eigenvalue weighted by molar-refractivity contribution is 5.92. The number of carbonyl (C=O) groups is 1. The Labute approximate surface area is 205 Å². The number of pyridine rings is 2. The van der Waals surface area contributed by atoms with Gasteiger partial charge in [-0.05, 0) is 67.5 Å². The van der Waals surface area contributed by atoms with Gasteiger partial charge in [-0.2, -0.15) is 4.39 Å². The zero-order chi connectivity index (χ0) is 25.1. The first-order valence-corrected chi connectivity index (χ1v) is 12.0. The lowest BCUT2D eigenvalue weighted by Crippen LogP contribution is -2.67. The average molecular weight is 490 g/mol. The number of fused-ring (bicyclic) bond motifs is 2. The fourth-order valence-corrected chi connectivity index (χ4v) is 5.60. The van der Waals surface area contributed by atoms with Gasteiger partial charge in [-0.15, -0.1) is 0 Å². The molecule has 1 amide bonds. The first-order chi connectivity index (χ1) is 17.2. The third-order valence-corrected chi connectivity index (χ3v) is 7.44. The molecule has 3 saturated carbocycles. The van der Waals surface area contributed by atoms with Crippen LogP contribution in [-0.4, -0.2) is 32.5 Å². The molecule has 36 heavy (non-hydrogen) atoms. The molecule has 1 aromatic carbocycles. The number of hydrogen-bond acceptors (Lipinski definition) is 5. The Morgan fingerprint density at radius 2 is 1.94 bits per heavy atom. The number of hydrogen-bond donors (Lipinski definition) is 2. The van der Waals surface area contributed by atoms with E-state index >= 15 is 0 Å². The number of nitrogens with zero attached hydrogens (tertiary/aromatic N) is 3. The summed E-state index contributed by atoms with van der Waals surface area (Å²) in [5, 5.41) is 6.90. The first kappa shape index (κ1) is 22.7. The maximum absolute atomic E-state index is 14.7. The zero-order valence-corrected chi connectivity index (χ0v) is 19.7. The summed E-state index contributed by atoms with van der Waals surface area (Å²) in [6.45, 7) is 2.75. The molecule has 0 spiro atoms. The maximum Gasteiger partial charge on any atom is 0.270 e. The van der Waals surface area contributed by atoms with Gasteiger partial charge in [0.05, 0.1) is 5.52 Å². The lowest BCUT2D eigenvalue weighted by atomic mass is 9.42. The number of amides is 1. The highest BCUT2D eigenvalue weighted by Crippen LogP contribution is 2.69. The van der Waals surface area contributed by atoms with Gasteiger partial charge in [0.1, 0.15) is 17.0 Å². The lowest BCUT2D eigenvalue weighted by molar-refractivity contribution is -0.210. The number of nitrogens with one attached hydrogen (secondary N) is 2. The smallest absolute Gasteiger partial charge is 0.270 e. The Kier molecular flexibility index (Phi) is 5.15. The maximum atomic E-state index is 14.7. The van der Waals surface area contributed by atoms with Crippen molar-refractivity contribution in [2.45, 2.75) is 44.4 Å². The van der Waals surface area contributed by atoms with Crippen molar-refractivity contribution in [1.29, 1.82) is 0 Å². The van der Waals surface area contributed by atoms with E-state index in [9.17, 15) is 18.4 Å². The second-order valence-corrected chi connectivity index (χ2v) is 10.3. The molecule has 4 aromatic rings. The minimum absolute atomic E-state index is 0.0284. The molecule has 7 rings (SSSR count). The number of benzene rings is 1. The van der Waals surface area contributed by atoms with Gasteiger partial charge in [0.25, 0.3) is 11.5 Å². The SMILES string of the molecule is C[C@@H](NCC12CC(F)(C1)C2)c1cc2cc(CNC(=O)c3cc(=O)n4ccccc4n3)ccc2nc1F. The van der Waals surface area contributed by atoms with Crippen LogP contribution in [0, 0.1) is 11.4 Å². The third kappa shape index (κ3) is 3.93. The van der Waals surface area contributed by atoms with Gasteiger partial charge in [0, 0.05) is 42.3 Å². The molecule has 2 N–H and O–H groups in total. The predicted molar refractivity (Wildman–Crippen MR) is 131 cm³/mol. The quantitative estimate of drug-likeness (QED) is 0.385. The van der Waals surface area contributed by atoms with Gasteiger partial charge in [-0.1, -0.05) is 12.1 Å². The predicted octanol–water partition coefficient (Wildman–Crippen LogP) is 3.85. The van der Waals surface area contributed by atoms with Crippen molar-refractivity contribution in [1.82, 2.24) is 25.0 Å². The molecule has 0 saturated heterocycles. The van der Waals surface area contributed by atoms with E-state index in [0.29, 0.717) is 42.5 Å². The van der Waals surface area contributed by atoms with Crippen LogP contribution < -0.4 is 16.2 Å². The number of carbonyl (C=O) groups excluding carboxylic acids is 1. The van der Waals surface area contributed by atoms with Crippen LogP contribution in [0.2, 0.25) is 0 Å². The number of rotatable bonds is 7. The molecule has 3 fully saturated rings. The number of alkyl halides is 1. The van der Waals surface area contributed by atoms with E-state index in [1.807, 2.05) is 13.0 Å². The van der Waals surface area contributed by atoms with Crippen LogP contribution in [0.3, 0.4) is 0 Å².